The van der Waals surface area contributed by atoms with E-state index in [2.05, 4.69) is 20.3 Å². The molecule has 2 N–H and O–H groups in total. The summed E-state index contributed by atoms with van der Waals surface area (Å²) in [5.41, 5.74) is 3.66. The summed E-state index contributed by atoms with van der Waals surface area (Å²) in [6.45, 7) is 7.85. The number of pyridine rings is 1. The third kappa shape index (κ3) is 5.36. The Morgan fingerprint density at radius 3 is 2.47 bits per heavy atom. The number of anilines is 1. The van der Waals surface area contributed by atoms with Gasteiger partial charge in [0.15, 0.2) is 5.82 Å². The summed E-state index contributed by atoms with van der Waals surface area (Å²) >= 11 is 1.43. The fourth-order valence-electron chi connectivity index (χ4n) is 3.88. The van der Waals surface area contributed by atoms with E-state index in [1.165, 1.54) is 11.3 Å². The number of thiophene rings is 1. The maximum absolute atomic E-state index is 12.8. The molecule has 3 heterocycles. The second-order valence-electron chi connectivity index (χ2n) is 8.56. The molecular formula is C27H28N4O4S. The molecule has 2 unspecified atom stereocenters. The molecule has 0 fully saturated rings. The number of carboxylic acid groups (broad SMARTS) is 1. The Hall–Kier alpha value is -3.85. The zero-order chi connectivity index (χ0) is 25.8. The van der Waals surface area contributed by atoms with Crippen LogP contribution in [-0.2, 0) is 20.9 Å². The van der Waals surface area contributed by atoms with E-state index in [1.54, 1.807) is 6.92 Å². The average molecular weight is 505 g/mol. The van der Waals surface area contributed by atoms with Gasteiger partial charge in [-0.05, 0) is 44.9 Å². The summed E-state index contributed by atoms with van der Waals surface area (Å²) in [4.78, 5) is 40.3. The third-order valence-electron chi connectivity index (χ3n) is 5.82. The summed E-state index contributed by atoms with van der Waals surface area (Å²) in [6.07, 6.45) is 0.153. The SMILES string of the molecule is CCC(C)OC(=O)C(C(=O)O)c1nc(NCc2cccc(C)n2)c2c(-c3ccccc3)c(C)sc2n1. The van der Waals surface area contributed by atoms with Gasteiger partial charge in [0, 0.05) is 16.1 Å². The maximum atomic E-state index is 12.8. The summed E-state index contributed by atoms with van der Waals surface area (Å²) in [7, 11) is 0. The molecule has 9 heteroatoms. The number of nitrogens with zero attached hydrogens (tertiary/aromatic N) is 3. The van der Waals surface area contributed by atoms with Gasteiger partial charge in [-0.15, -0.1) is 11.3 Å². The summed E-state index contributed by atoms with van der Waals surface area (Å²) in [6, 6.07) is 15.6. The number of fused-ring (bicyclic) bond motifs is 1. The van der Waals surface area contributed by atoms with Crippen molar-refractivity contribution >= 4 is 39.3 Å². The Balaban J connectivity index is 1.85. The van der Waals surface area contributed by atoms with Crippen LogP contribution in [0.4, 0.5) is 5.82 Å². The molecule has 4 aromatic rings. The van der Waals surface area contributed by atoms with Crippen molar-refractivity contribution in [3.63, 3.8) is 0 Å². The first-order chi connectivity index (χ1) is 17.3. The molecule has 36 heavy (non-hydrogen) atoms. The van der Waals surface area contributed by atoms with E-state index in [-0.39, 0.29) is 5.82 Å². The summed E-state index contributed by atoms with van der Waals surface area (Å²) in [5, 5.41) is 14.0. The standard InChI is InChI=1S/C27H28N4O4S/c1-5-16(3)35-27(34)22(26(32)33)24-30-23(28-14-19-13-9-10-15(2)29-19)21-20(17(4)36-25(21)31-24)18-11-7-6-8-12-18/h6-13,16,22H,5,14H2,1-4H3,(H,32,33)(H,28,30,31). The van der Waals surface area contributed by atoms with Gasteiger partial charge in [0.1, 0.15) is 10.6 Å². The van der Waals surface area contributed by atoms with Crippen LogP contribution in [0.5, 0.6) is 0 Å². The Morgan fingerprint density at radius 1 is 1.06 bits per heavy atom. The van der Waals surface area contributed by atoms with Crippen LogP contribution in [0.25, 0.3) is 21.3 Å². The minimum atomic E-state index is -1.64. The van der Waals surface area contributed by atoms with E-state index in [9.17, 15) is 14.7 Å². The highest BCUT2D eigenvalue weighted by atomic mass is 32.1. The molecule has 0 saturated heterocycles. The number of carbonyl (C=O) groups excluding carboxylic acids is 1. The molecule has 4 rings (SSSR count). The van der Waals surface area contributed by atoms with Crippen molar-refractivity contribution in [3.8, 4) is 11.1 Å². The van der Waals surface area contributed by atoms with E-state index in [1.807, 2.05) is 69.3 Å². The number of hydrogen-bond donors (Lipinski definition) is 2. The number of nitrogens with one attached hydrogen (secondary N) is 1. The lowest BCUT2D eigenvalue weighted by Crippen LogP contribution is -2.28. The number of carbonyl (C=O) groups is 2. The van der Waals surface area contributed by atoms with Crippen molar-refractivity contribution in [2.45, 2.75) is 52.7 Å². The van der Waals surface area contributed by atoms with Crippen LogP contribution in [0.1, 0.15) is 48.3 Å². The number of esters is 1. The molecule has 0 amide bonds. The smallest absolute Gasteiger partial charge is 0.328 e. The van der Waals surface area contributed by atoms with Crippen LogP contribution < -0.4 is 5.32 Å². The van der Waals surface area contributed by atoms with Crippen LogP contribution in [0, 0.1) is 13.8 Å². The van der Waals surface area contributed by atoms with Gasteiger partial charge in [-0.2, -0.15) is 0 Å². The monoisotopic (exact) mass is 504 g/mol. The van der Waals surface area contributed by atoms with Crippen LogP contribution in [0.3, 0.4) is 0 Å². The van der Waals surface area contributed by atoms with E-state index in [0.29, 0.717) is 23.6 Å². The number of aryl methyl sites for hydroxylation is 2. The van der Waals surface area contributed by atoms with Gasteiger partial charge >= 0.3 is 11.9 Å². The molecule has 186 valence electrons. The zero-order valence-electron chi connectivity index (χ0n) is 20.6. The number of ether oxygens (including phenoxy) is 1. The van der Waals surface area contributed by atoms with E-state index >= 15 is 0 Å². The zero-order valence-corrected chi connectivity index (χ0v) is 21.4. The van der Waals surface area contributed by atoms with Crippen molar-refractivity contribution in [3.05, 3.63) is 70.6 Å². The van der Waals surface area contributed by atoms with Gasteiger partial charge in [0.25, 0.3) is 0 Å². The van der Waals surface area contributed by atoms with Gasteiger partial charge in [0.2, 0.25) is 5.92 Å². The second-order valence-corrected chi connectivity index (χ2v) is 9.76. The highest BCUT2D eigenvalue weighted by molar-refractivity contribution is 7.19. The Bertz CT molecular complexity index is 1400. The van der Waals surface area contributed by atoms with Crippen molar-refractivity contribution in [2.75, 3.05) is 5.32 Å². The fourth-order valence-corrected chi connectivity index (χ4v) is 4.93. The largest absolute Gasteiger partial charge is 0.480 e. The number of carboxylic acids is 1. The third-order valence-corrected chi connectivity index (χ3v) is 6.82. The molecule has 0 aliphatic heterocycles. The second kappa shape index (κ2) is 10.8. The molecule has 0 aliphatic carbocycles. The molecule has 1 aromatic carbocycles. The highest BCUT2D eigenvalue weighted by Crippen LogP contribution is 2.41. The lowest BCUT2D eigenvalue weighted by molar-refractivity contribution is -0.157. The first-order valence-corrected chi connectivity index (χ1v) is 12.6. The van der Waals surface area contributed by atoms with Crippen molar-refractivity contribution in [1.82, 2.24) is 15.0 Å². The van der Waals surface area contributed by atoms with Crippen molar-refractivity contribution in [2.24, 2.45) is 0 Å². The molecule has 8 nitrogen and oxygen atoms in total. The number of benzene rings is 1. The molecule has 0 radical (unpaired) electrons. The van der Waals surface area contributed by atoms with Crippen LogP contribution in [-0.4, -0.2) is 38.1 Å². The molecule has 3 aromatic heterocycles. The summed E-state index contributed by atoms with van der Waals surface area (Å²) in [5.74, 6) is -3.53. The molecular weight excluding hydrogens is 476 g/mol. The molecule has 0 saturated carbocycles. The van der Waals surface area contributed by atoms with Gasteiger partial charge in [-0.3, -0.25) is 14.6 Å². The van der Waals surface area contributed by atoms with Gasteiger partial charge < -0.3 is 15.2 Å². The minimum Gasteiger partial charge on any atom is -0.480 e. The molecule has 2 atom stereocenters. The van der Waals surface area contributed by atoms with E-state index < -0.39 is 24.0 Å². The number of aliphatic carboxylic acids is 1. The van der Waals surface area contributed by atoms with Crippen molar-refractivity contribution in [1.29, 1.82) is 0 Å². The Kier molecular flexibility index (Phi) is 7.59. The predicted molar refractivity (Wildman–Crippen MR) is 140 cm³/mol. The lowest BCUT2D eigenvalue weighted by Gasteiger charge is -2.16. The van der Waals surface area contributed by atoms with E-state index in [0.717, 1.165) is 32.8 Å². The number of aromatic nitrogens is 3. The maximum Gasteiger partial charge on any atom is 0.328 e. The minimum absolute atomic E-state index is 0.108. The Labute approximate surface area is 213 Å². The topological polar surface area (TPSA) is 114 Å². The normalized spacial score (nSPS) is 12.8. The van der Waals surface area contributed by atoms with E-state index in [4.69, 9.17) is 4.74 Å². The quantitative estimate of drug-likeness (QED) is 0.227. The first kappa shape index (κ1) is 25.2. The van der Waals surface area contributed by atoms with Crippen LogP contribution >= 0.6 is 11.3 Å². The van der Waals surface area contributed by atoms with Crippen LogP contribution in [0.15, 0.2) is 48.5 Å². The predicted octanol–water partition coefficient (Wildman–Crippen LogP) is 5.49. The van der Waals surface area contributed by atoms with Gasteiger partial charge in [0.05, 0.1) is 23.7 Å². The molecule has 0 aliphatic rings. The van der Waals surface area contributed by atoms with Crippen molar-refractivity contribution < 1.29 is 19.4 Å². The van der Waals surface area contributed by atoms with Gasteiger partial charge in [-0.25, -0.2) is 9.97 Å². The highest BCUT2D eigenvalue weighted by Gasteiger charge is 2.35. The number of hydrogen-bond acceptors (Lipinski definition) is 8. The van der Waals surface area contributed by atoms with Gasteiger partial charge in [-0.1, -0.05) is 43.3 Å². The fraction of sp³-hybridized carbons (Fsp3) is 0.296. The molecule has 0 spiro atoms. The lowest BCUT2D eigenvalue weighted by atomic mass is 10.0. The van der Waals surface area contributed by atoms with Crippen LogP contribution in [0.2, 0.25) is 0 Å². The summed E-state index contributed by atoms with van der Waals surface area (Å²) < 4.78 is 5.34. The Morgan fingerprint density at radius 2 is 1.81 bits per heavy atom. The number of rotatable bonds is 9. The first-order valence-electron chi connectivity index (χ1n) is 11.7. The average Bonchev–Trinajstić information content (AvgIpc) is 3.18. The molecule has 0 bridgehead atoms.